The van der Waals surface area contributed by atoms with E-state index in [0.29, 0.717) is 39.0 Å². The van der Waals surface area contributed by atoms with Gasteiger partial charge in [-0.3, -0.25) is 14.4 Å². The van der Waals surface area contributed by atoms with Crippen molar-refractivity contribution in [1.82, 2.24) is 15.0 Å². The van der Waals surface area contributed by atoms with E-state index in [0.717, 1.165) is 33.8 Å². The fourth-order valence-electron chi connectivity index (χ4n) is 4.81. The smallest absolute Gasteiger partial charge is 0.227 e. The molecule has 39 heavy (non-hydrogen) atoms. The number of para-hydroxylation sites is 1. The van der Waals surface area contributed by atoms with Gasteiger partial charge in [-0.15, -0.1) is 5.10 Å². The van der Waals surface area contributed by atoms with Crippen LogP contribution in [0.15, 0.2) is 48.5 Å². The van der Waals surface area contributed by atoms with E-state index in [2.05, 4.69) is 30.2 Å². The zero-order valence-electron chi connectivity index (χ0n) is 23.4. The molecule has 0 atom stereocenters. The molecular weight excluding hydrogens is 492 g/mol. The number of aromatic nitrogens is 3. The van der Waals surface area contributed by atoms with Crippen molar-refractivity contribution in [2.75, 3.05) is 18.1 Å². The van der Waals surface area contributed by atoms with Gasteiger partial charge in [0, 0.05) is 55.4 Å². The van der Waals surface area contributed by atoms with Crippen LogP contribution in [0.2, 0.25) is 0 Å². The van der Waals surface area contributed by atoms with Crippen LogP contribution in [0.1, 0.15) is 71.4 Å². The Labute approximate surface area is 230 Å². The van der Waals surface area contributed by atoms with Crippen LogP contribution in [0.25, 0.3) is 22.5 Å². The molecule has 0 bridgehead atoms. The number of rotatable bonds is 12. The summed E-state index contributed by atoms with van der Waals surface area (Å²) in [7, 11) is 0. The lowest BCUT2D eigenvalue weighted by Crippen LogP contribution is -2.32. The van der Waals surface area contributed by atoms with E-state index in [-0.39, 0.29) is 42.3 Å². The molecule has 0 aliphatic carbocycles. The van der Waals surface area contributed by atoms with E-state index < -0.39 is 0 Å². The van der Waals surface area contributed by atoms with Gasteiger partial charge in [0.1, 0.15) is 17.3 Å². The molecule has 0 N–H and O–H groups in total. The Bertz CT molecular complexity index is 1330. The number of carbonyl (C=O) groups is 3. The number of ketones is 2. The second kappa shape index (κ2) is 12.9. The number of hydrogen-bond acceptors (Lipinski definition) is 6. The third-order valence-corrected chi connectivity index (χ3v) is 7.03. The summed E-state index contributed by atoms with van der Waals surface area (Å²) in [6.07, 6.45) is 1.64. The minimum Gasteiger partial charge on any atom is -0.381 e. The maximum atomic E-state index is 13.6. The molecule has 2 heterocycles. The Morgan fingerprint density at radius 1 is 0.872 bits per heavy atom. The van der Waals surface area contributed by atoms with Crippen molar-refractivity contribution in [3.63, 3.8) is 0 Å². The average Bonchev–Trinajstić information content (AvgIpc) is 3.36. The van der Waals surface area contributed by atoms with Gasteiger partial charge in [-0.05, 0) is 31.9 Å². The number of anilines is 1. The predicted molar refractivity (Wildman–Crippen MR) is 151 cm³/mol. The number of carbonyl (C=O) groups excluding carboxylic acids is 3. The SMILES string of the molecule is CC(C)C(=O)CCOCCCC(=O)CCC(=O)N1Cc2ccccc2-c2c(nnn2C(C)C)-c2ccccc21. The van der Waals surface area contributed by atoms with Crippen molar-refractivity contribution in [3.05, 3.63) is 54.1 Å². The van der Waals surface area contributed by atoms with E-state index in [1.54, 1.807) is 4.90 Å². The number of nitrogens with zero attached hydrogens (tertiary/aromatic N) is 4. The van der Waals surface area contributed by atoms with Crippen LogP contribution in [0, 0.1) is 5.92 Å². The predicted octanol–water partition coefficient (Wildman–Crippen LogP) is 5.80. The molecule has 8 heteroatoms. The number of hydrogen-bond donors (Lipinski definition) is 0. The lowest BCUT2D eigenvalue weighted by atomic mass is 9.95. The molecular formula is C31H38N4O4. The summed E-state index contributed by atoms with van der Waals surface area (Å²) < 4.78 is 7.45. The van der Waals surface area contributed by atoms with Gasteiger partial charge in [-0.25, -0.2) is 4.68 Å². The maximum absolute atomic E-state index is 13.6. The van der Waals surface area contributed by atoms with Crippen LogP contribution in [0.3, 0.4) is 0 Å². The molecule has 2 aromatic carbocycles. The monoisotopic (exact) mass is 530 g/mol. The van der Waals surface area contributed by atoms with Crippen molar-refractivity contribution in [2.24, 2.45) is 5.92 Å². The van der Waals surface area contributed by atoms with Crippen LogP contribution in [-0.4, -0.2) is 45.7 Å². The fourth-order valence-corrected chi connectivity index (χ4v) is 4.81. The highest BCUT2D eigenvalue weighted by atomic mass is 16.5. The highest BCUT2D eigenvalue weighted by Crippen LogP contribution is 2.41. The highest BCUT2D eigenvalue weighted by molar-refractivity contribution is 6.01. The van der Waals surface area contributed by atoms with Gasteiger partial charge in [-0.2, -0.15) is 0 Å². The molecule has 0 spiro atoms. The van der Waals surface area contributed by atoms with Gasteiger partial charge in [0.25, 0.3) is 0 Å². The topological polar surface area (TPSA) is 94.4 Å². The van der Waals surface area contributed by atoms with Gasteiger partial charge in [0.2, 0.25) is 5.91 Å². The normalized spacial score (nSPS) is 12.5. The van der Waals surface area contributed by atoms with Crippen LogP contribution < -0.4 is 4.90 Å². The molecule has 0 radical (unpaired) electrons. The highest BCUT2D eigenvalue weighted by Gasteiger charge is 2.29. The maximum Gasteiger partial charge on any atom is 0.227 e. The summed E-state index contributed by atoms with van der Waals surface area (Å²) in [6, 6.07) is 15.9. The molecule has 1 aliphatic rings. The number of benzene rings is 2. The standard InChI is InChI=1S/C31H38N4O4/c1-21(2)28(37)17-19-39-18-9-11-24(36)15-16-29(38)34-20-23-10-5-6-12-25(23)31-30(32-33-35(31)22(3)4)26-13-7-8-14-27(26)34/h5-8,10,12-14,21-22H,9,11,15-20H2,1-4H3. The van der Waals surface area contributed by atoms with E-state index in [9.17, 15) is 14.4 Å². The first-order chi connectivity index (χ1) is 18.8. The Kier molecular flexibility index (Phi) is 9.41. The summed E-state index contributed by atoms with van der Waals surface area (Å²) in [4.78, 5) is 39.6. The Balaban J connectivity index is 1.45. The largest absolute Gasteiger partial charge is 0.381 e. The molecule has 206 valence electrons. The van der Waals surface area contributed by atoms with Crippen LogP contribution >= 0.6 is 0 Å². The van der Waals surface area contributed by atoms with Gasteiger partial charge in [-0.1, -0.05) is 61.5 Å². The molecule has 1 aromatic heterocycles. The molecule has 1 aliphatic heterocycles. The van der Waals surface area contributed by atoms with Crippen molar-refractivity contribution < 1.29 is 19.1 Å². The van der Waals surface area contributed by atoms with Crippen molar-refractivity contribution in [3.8, 4) is 22.5 Å². The van der Waals surface area contributed by atoms with Crippen LogP contribution in [0.5, 0.6) is 0 Å². The zero-order valence-corrected chi connectivity index (χ0v) is 23.4. The van der Waals surface area contributed by atoms with Gasteiger partial charge in [0.05, 0.1) is 24.5 Å². The van der Waals surface area contributed by atoms with Crippen molar-refractivity contribution in [2.45, 2.75) is 72.4 Å². The lowest BCUT2D eigenvalue weighted by molar-refractivity contribution is -0.124. The molecule has 0 saturated heterocycles. The van der Waals surface area contributed by atoms with E-state index >= 15 is 0 Å². The molecule has 0 saturated carbocycles. The number of amides is 1. The summed E-state index contributed by atoms with van der Waals surface area (Å²) in [5.74, 6) is 0.124. The van der Waals surface area contributed by atoms with Gasteiger partial charge in [0.15, 0.2) is 0 Å². The minimum atomic E-state index is -0.103. The second-order valence-corrected chi connectivity index (χ2v) is 10.6. The first-order valence-electron chi connectivity index (χ1n) is 13.8. The number of fused-ring (bicyclic) bond motifs is 5. The van der Waals surface area contributed by atoms with Crippen LogP contribution in [-0.2, 0) is 25.7 Å². The Morgan fingerprint density at radius 2 is 1.59 bits per heavy atom. The van der Waals surface area contributed by atoms with Gasteiger partial charge < -0.3 is 9.64 Å². The first-order valence-corrected chi connectivity index (χ1v) is 13.8. The Morgan fingerprint density at radius 3 is 2.33 bits per heavy atom. The quantitative estimate of drug-likeness (QED) is 0.275. The summed E-state index contributed by atoms with van der Waals surface area (Å²) >= 11 is 0. The van der Waals surface area contributed by atoms with E-state index in [1.807, 2.05) is 61.0 Å². The van der Waals surface area contributed by atoms with E-state index in [1.165, 1.54) is 0 Å². The van der Waals surface area contributed by atoms with Crippen molar-refractivity contribution in [1.29, 1.82) is 0 Å². The molecule has 8 nitrogen and oxygen atoms in total. The first kappa shape index (κ1) is 28.4. The molecule has 0 fully saturated rings. The third kappa shape index (κ3) is 6.68. The zero-order chi connectivity index (χ0) is 27.9. The molecule has 3 aromatic rings. The fraction of sp³-hybridized carbons (Fsp3) is 0.452. The second-order valence-electron chi connectivity index (χ2n) is 10.6. The van der Waals surface area contributed by atoms with Crippen LogP contribution in [0.4, 0.5) is 5.69 Å². The molecule has 1 amide bonds. The average molecular weight is 531 g/mol. The number of ether oxygens (including phenoxy) is 1. The third-order valence-electron chi connectivity index (χ3n) is 7.03. The summed E-state index contributed by atoms with van der Waals surface area (Å²) in [5, 5.41) is 9.01. The summed E-state index contributed by atoms with van der Waals surface area (Å²) in [5.41, 5.74) is 5.32. The number of Topliss-reactive ketones (excluding diaryl/α,β-unsaturated/α-hetero) is 2. The van der Waals surface area contributed by atoms with Crippen molar-refractivity contribution >= 4 is 23.2 Å². The van der Waals surface area contributed by atoms with E-state index in [4.69, 9.17) is 4.74 Å². The Hall–Kier alpha value is -3.65. The summed E-state index contributed by atoms with van der Waals surface area (Å²) in [6.45, 7) is 9.12. The van der Waals surface area contributed by atoms with Gasteiger partial charge >= 0.3 is 0 Å². The molecule has 0 unspecified atom stereocenters. The lowest BCUT2D eigenvalue weighted by Gasteiger charge is -2.29. The minimum absolute atomic E-state index is 0.0119. The molecule has 4 rings (SSSR count).